The second kappa shape index (κ2) is 3.92. The Bertz CT molecular complexity index is 615. The monoisotopic (exact) mass is 262 g/mol. The molecule has 0 amide bonds. The number of aromatic nitrogens is 4. The highest BCUT2D eigenvalue weighted by atomic mass is 35.5. The van der Waals surface area contributed by atoms with E-state index in [1.165, 1.54) is 37.7 Å². The first-order valence-electron chi connectivity index (χ1n) is 6.77. The fourth-order valence-corrected chi connectivity index (χ4v) is 3.02. The molecule has 94 valence electrons. The summed E-state index contributed by atoms with van der Waals surface area (Å²) in [4.78, 5) is 9.20. The van der Waals surface area contributed by atoms with Crippen LogP contribution < -0.4 is 0 Å². The first kappa shape index (κ1) is 10.7. The van der Waals surface area contributed by atoms with Crippen LogP contribution in [-0.4, -0.2) is 19.6 Å². The van der Waals surface area contributed by atoms with E-state index < -0.39 is 0 Å². The number of hydrogen-bond donors (Lipinski definition) is 0. The average molecular weight is 263 g/mol. The molecule has 2 aromatic heterocycles. The van der Waals surface area contributed by atoms with Crippen molar-refractivity contribution >= 4 is 17.4 Å². The Morgan fingerprint density at radius 3 is 2.72 bits per heavy atom. The molecule has 0 saturated heterocycles. The Hall–Kier alpha value is -1.16. The number of rotatable bonds is 1. The van der Waals surface area contributed by atoms with E-state index in [0.29, 0.717) is 11.7 Å². The lowest BCUT2D eigenvalue weighted by Gasteiger charge is -2.07. The molecule has 0 aromatic carbocycles. The predicted octanol–water partition coefficient (Wildman–Crippen LogP) is 2.92. The van der Waals surface area contributed by atoms with Crippen molar-refractivity contribution in [3.63, 3.8) is 0 Å². The number of halogens is 1. The van der Waals surface area contributed by atoms with Crippen LogP contribution in [0.2, 0.25) is 5.15 Å². The molecule has 4 rings (SSSR count). The molecule has 2 heterocycles. The zero-order chi connectivity index (χ0) is 12.1. The van der Waals surface area contributed by atoms with Gasteiger partial charge in [0.2, 0.25) is 0 Å². The van der Waals surface area contributed by atoms with Crippen LogP contribution in [0.3, 0.4) is 0 Å². The topological polar surface area (TPSA) is 43.1 Å². The zero-order valence-corrected chi connectivity index (χ0v) is 10.9. The summed E-state index contributed by atoms with van der Waals surface area (Å²) in [7, 11) is 0. The first-order chi connectivity index (χ1) is 8.83. The van der Waals surface area contributed by atoms with Crippen LogP contribution in [-0.2, 0) is 12.8 Å². The number of fused-ring (bicyclic) bond motifs is 2. The Kier molecular flexibility index (Phi) is 2.34. The third-order valence-corrected chi connectivity index (χ3v) is 4.30. The van der Waals surface area contributed by atoms with Gasteiger partial charge < -0.3 is 0 Å². The Morgan fingerprint density at radius 2 is 1.89 bits per heavy atom. The highest BCUT2D eigenvalue weighted by Crippen LogP contribution is 2.38. The van der Waals surface area contributed by atoms with Gasteiger partial charge in [-0.1, -0.05) is 18.0 Å². The summed E-state index contributed by atoms with van der Waals surface area (Å²) in [5.41, 5.74) is 2.33. The van der Waals surface area contributed by atoms with E-state index >= 15 is 0 Å². The van der Waals surface area contributed by atoms with Crippen molar-refractivity contribution in [3.8, 4) is 0 Å². The molecule has 1 saturated carbocycles. The number of hydrogen-bond acceptors (Lipinski definition) is 3. The van der Waals surface area contributed by atoms with Crippen molar-refractivity contribution in [2.45, 2.75) is 50.9 Å². The minimum atomic E-state index is 0.544. The van der Waals surface area contributed by atoms with Crippen LogP contribution in [0, 0.1) is 0 Å². The van der Waals surface area contributed by atoms with E-state index in [1.807, 2.05) is 0 Å². The smallest absolute Gasteiger partial charge is 0.216 e. The third kappa shape index (κ3) is 1.62. The second-order valence-corrected chi connectivity index (χ2v) is 5.70. The summed E-state index contributed by atoms with van der Waals surface area (Å²) in [6, 6.07) is 0. The van der Waals surface area contributed by atoms with Gasteiger partial charge in [-0.3, -0.25) is 0 Å². The minimum absolute atomic E-state index is 0.544. The van der Waals surface area contributed by atoms with Gasteiger partial charge in [0.1, 0.15) is 5.15 Å². The van der Waals surface area contributed by atoms with Gasteiger partial charge in [0, 0.05) is 11.5 Å². The van der Waals surface area contributed by atoms with Crippen molar-refractivity contribution in [1.82, 2.24) is 19.6 Å². The standard InChI is InChI=1S/C13H15ClN4/c14-11-9-4-2-1-3-5-10(9)15-13-16-12(8-6-7-8)17-18(11)13/h8H,1-7H2. The molecule has 18 heavy (non-hydrogen) atoms. The Labute approximate surface area is 110 Å². The molecule has 5 heteroatoms. The van der Waals surface area contributed by atoms with Gasteiger partial charge in [-0.05, 0) is 38.5 Å². The lowest BCUT2D eigenvalue weighted by atomic mass is 10.1. The molecular weight excluding hydrogens is 248 g/mol. The molecule has 0 aliphatic heterocycles. The van der Waals surface area contributed by atoms with Crippen LogP contribution in [0.1, 0.15) is 55.1 Å². The lowest BCUT2D eigenvalue weighted by Crippen LogP contribution is -2.04. The van der Waals surface area contributed by atoms with Crippen LogP contribution in [0.25, 0.3) is 5.78 Å². The van der Waals surface area contributed by atoms with Crippen molar-refractivity contribution < 1.29 is 0 Å². The third-order valence-electron chi connectivity index (χ3n) is 3.91. The summed E-state index contributed by atoms with van der Waals surface area (Å²) in [6.45, 7) is 0. The van der Waals surface area contributed by atoms with Crippen LogP contribution in [0.15, 0.2) is 0 Å². The normalized spacial score (nSPS) is 19.8. The minimum Gasteiger partial charge on any atom is -0.216 e. The lowest BCUT2D eigenvalue weighted by molar-refractivity contribution is 0.708. The molecule has 0 N–H and O–H groups in total. The van der Waals surface area contributed by atoms with Crippen molar-refractivity contribution in [1.29, 1.82) is 0 Å². The summed E-state index contributed by atoms with van der Waals surface area (Å²) in [6.07, 6.45) is 8.12. The van der Waals surface area contributed by atoms with Gasteiger partial charge in [0.25, 0.3) is 5.78 Å². The maximum absolute atomic E-state index is 6.49. The molecule has 0 radical (unpaired) electrons. The SMILES string of the molecule is Clc1c2c(nc3nc(C4CC4)nn13)CCCCC2. The summed E-state index contributed by atoms with van der Waals surface area (Å²) < 4.78 is 1.74. The van der Waals surface area contributed by atoms with Gasteiger partial charge in [0.05, 0.1) is 5.69 Å². The Morgan fingerprint density at radius 1 is 1.06 bits per heavy atom. The summed E-state index contributed by atoms with van der Waals surface area (Å²) >= 11 is 6.49. The first-order valence-corrected chi connectivity index (χ1v) is 7.14. The predicted molar refractivity (Wildman–Crippen MR) is 69.0 cm³/mol. The molecule has 1 fully saturated rings. The van der Waals surface area contributed by atoms with Crippen molar-refractivity contribution in [3.05, 3.63) is 22.2 Å². The van der Waals surface area contributed by atoms with Crippen LogP contribution >= 0.6 is 11.6 Å². The van der Waals surface area contributed by atoms with E-state index in [9.17, 15) is 0 Å². The zero-order valence-electron chi connectivity index (χ0n) is 10.2. The van der Waals surface area contributed by atoms with Gasteiger partial charge >= 0.3 is 0 Å². The van der Waals surface area contributed by atoms with E-state index in [2.05, 4.69) is 15.1 Å². The molecular formula is C13H15ClN4. The molecule has 0 unspecified atom stereocenters. The van der Waals surface area contributed by atoms with Gasteiger partial charge in [0.15, 0.2) is 5.82 Å². The molecule has 4 nitrogen and oxygen atoms in total. The maximum atomic E-state index is 6.49. The van der Waals surface area contributed by atoms with E-state index in [-0.39, 0.29) is 0 Å². The fraction of sp³-hybridized carbons (Fsp3) is 0.615. The number of nitrogens with zero attached hydrogens (tertiary/aromatic N) is 4. The van der Waals surface area contributed by atoms with Crippen molar-refractivity contribution in [2.24, 2.45) is 0 Å². The van der Waals surface area contributed by atoms with Gasteiger partial charge in [-0.25, -0.2) is 4.98 Å². The largest absolute Gasteiger partial charge is 0.254 e. The quantitative estimate of drug-likeness (QED) is 0.586. The average Bonchev–Trinajstić information content (AvgIpc) is 3.15. The van der Waals surface area contributed by atoms with E-state index in [0.717, 1.165) is 29.5 Å². The summed E-state index contributed by atoms with van der Waals surface area (Å²) in [5, 5.41) is 5.26. The molecule has 0 bridgehead atoms. The van der Waals surface area contributed by atoms with E-state index in [4.69, 9.17) is 11.6 Å². The molecule has 0 spiro atoms. The second-order valence-electron chi connectivity index (χ2n) is 5.34. The molecule has 2 aliphatic rings. The molecule has 2 aromatic rings. The van der Waals surface area contributed by atoms with Crippen LogP contribution in [0.5, 0.6) is 0 Å². The number of aryl methyl sites for hydroxylation is 1. The molecule has 0 atom stereocenters. The van der Waals surface area contributed by atoms with Gasteiger partial charge in [-0.15, -0.1) is 5.10 Å². The van der Waals surface area contributed by atoms with Crippen molar-refractivity contribution in [2.75, 3.05) is 0 Å². The van der Waals surface area contributed by atoms with Gasteiger partial charge in [-0.2, -0.15) is 9.50 Å². The molecule has 2 aliphatic carbocycles. The maximum Gasteiger partial charge on any atom is 0.254 e. The van der Waals surface area contributed by atoms with E-state index in [1.54, 1.807) is 4.52 Å². The fourth-order valence-electron chi connectivity index (χ4n) is 2.70. The Balaban J connectivity index is 1.92. The van der Waals surface area contributed by atoms with Crippen LogP contribution in [0.4, 0.5) is 0 Å². The highest BCUT2D eigenvalue weighted by Gasteiger charge is 2.29. The highest BCUT2D eigenvalue weighted by molar-refractivity contribution is 6.30. The summed E-state index contributed by atoms with van der Waals surface area (Å²) in [5.74, 6) is 2.15.